The lowest BCUT2D eigenvalue weighted by atomic mass is 10.1. The lowest BCUT2D eigenvalue weighted by Gasteiger charge is -2.07. The van der Waals surface area contributed by atoms with E-state index in [0.29, 0.717) is 17.8 Å². The molecule has 18 heavy (non-hydrogen) atoms. The SMILES string of the molecule is NCc1cc2nccn2nc1-c1cccc(F)c1. The third kappa shape index (κ3) is 1.74. The molecule has 2 N–H and O–H groups in total. The van der Waals surface area contributed by atoms with Crippen LogP contribution in [0.3, 0.4) is 0 Å². The molecule has 1 aromatic carbocycles. The zero-order chi connectivity index (χ0) is 12.5. The number of fused-ring (bicyclic) bond motifs is 1. The van der Waals surface area contributed by atoms with E-state index in [4.69, 9.17) is 5.73 Å². The average Bonchev–Trinajstić information content (AvgIpc) is 2.84. The lowest BCUT2D eigenvalue weighted by Crippen LogP contribution is -2.04. The van der Waals surface area contributed by atoms with E-state index in [1.807, 2.05) is 12.1 Å². The first-order chi connectivity index (χ1) is 8.78. The molecule has 0 fully saturated rings. The third-order valence-electron chi connectivity index (χ3n) is 2.78. The van der Waals surface area contributed by atoms with E-state index in [-0.39, 0.29) is 5.82 Å². The Bertz CT molecular complexity index is 705. The first-order valence-corrected chi connectivity index (χ1v) is 5.57. The molecule has 0 spiro atoms. The van der Waals surface area contributed by atoms with E-state index in [0.717, 1.165) is 11.2 Å². The van der Waals surface area contributed by atoms with Crippen LogP contribution < -0.4 is 5.73 Å². The Morgan fingerprint density at radius 2 is 2.17 bits per heavy atom. The quantitative estimate of drug-likeness (QED) is 0.747. The largest absolute Gasteiger partial charge is 0.326 e. The molecule has 2 aromatic heterocycles. The second-order valence-corrected chi connectivity index (χ2v) is 3.96. The Morgan fingerprint density at radius 3 is 2.94 bits per heavy atom. The van der Waals surface area contributed by atoms with Gasteiger partial charge in [-0.15, -0.1) is 0 Å². The summed E-state index contributed by atoms with van der Waals surface area (Å²) in [6.45, 7) is 0.336. The predicted molar refractivity (Wildman–Crippen MR) is 66.3 cm³/mol. The first-order valence-electron chi connectivity index (χ1n) is 5.57. The molecular formula is C13H11FN4. The molecule has 0 radical (unpaired) electrons. The van der Waals surface area contributed by atoms with E-state index < -0.39 is 0 Å². The summed E-state index contributed by atoms with van der Waals surface area (Å²) in [6.07, 6.45) is 3.41. The van der Waals surface area contributed by atoms with Crippen molar-refractivity contribution in [2.24, 2.45) is 5.73 Å². The fourth-order valence-corrected chi connectivity index (χ4v) is 1.93. The van der Waals surface area contributed by atoms with Crippen LogP contribution >= 0.6 is 0 Å². The van der Waals surface area contributed by atoms with Crippen LogP contribution in [-0.4, -0.2) is 14.6 Å². The Morgan fingerprint density at radius 1 is 1.28 bits per heavy atom. The minimum atomic E-state index is -0.289. The van der Waals surface area contributed by atoms with Crippen LogP contribution in [0.5, 0.6) is 0 Å². The molecule has 5 heteroatoms. The summed E-state index contributed by atoms with van der Waals surface area (Å²) in [5.74, 6) is -0.289. The van der Waals surface area contributed by atoms with E-state index in [1.54, 1.807) is 23.0 Å². The van der Waals surface area contributed by atoms with E-state index >= 15 is 0 Å². The summed E-state index contributed by atoms with van der Waals surface area (Å²) in [5, 5.41) is 4.42. The van der Waals surface area contributed by atoms with Gasteiger partial charge >= 0.3 is 0 Å². The maximum Gasteiger partial charge on any atom is 0.153 e. The molecule has 0 aliphatic carbocycles. The number of nitrogens with zero attached hydrogens (tertiary/aromatic N) is 3. The summed E-state index contributed by atoms with van der Waals surface area (Å²) in [6, 6.07) is 8.19. The van der Waals surface area contributed by atoms with Gasteiger partial charge in [-0.25, -0.2) is 13.9 Å². The van der Waals surface area contributed by atoms with Crippen molar-refractivity contribution in [3.8, 4) is 11.3 Å². The smallest absolute Gasteiger partial charge is 0.153 e. The molecule has 0 unspecified atom stereocenters. The van der Waals surface area contributed by atoms with Crippen molar-refractivity contribution in [2.45, 2.75) is 6.54 Å². The van der Waals surface area contributed by atoms with Gasteiger partial charge in [-0.1, -0.05) is 12.1 Å². The van der Waals surface area contributed by atoms with Crippen LogP contribution in [0.4, 0.5) is 4.39 Å². The molecule has 0 aliphatic heterocycles. The average molecular weight is 242 g/mol. The van der Waals surface area contributed by atoms with E-state index in [9.17, 15) is 4.39 Å². The summed E-state index contributed by atoms with van der Waals surface area (Å²) in [7, 11) is 0. The highest BCUT2D eigenvalue weighted by Gasteiger charge is 2.09. The van der Waals surface area contributed by atoms with Gasteiger partial charge in [-0.3, -0.25) is 0 Å². The van der Waals surface area contributed by atoms with Crippen LogP contribution in [0, 0.1) is 5.82 Å². The van der Waals surface area contributed by atoms with Crippen molar-refractivity contribution in [3.63, 3.8) is 0 Å². The predicted octanol–water partition coefficient (Wildman–Crippen LogP) is 1.99. The zero-order valence-electron chi connectivity index (χ0n) is 9.55. The highest BCUT2D eigenvalue weighted by molar-refractivity contribution is 5.64. The summed E-state index contributed by atoms with van der Waals surface area (Å²) in [4.78, 5) is 4.15. The number of benzene rings is 1. The number of nitrogens with two attached hydrogens (primary N) is 1. The Labute approximate surface area is 103 Å². The molecule has 0 saturated heterocycles. The molecule has 90 valence electrons. The molecule has 0 atom stereocenters. The Balaban J connectivity index is 2.26. The van der Waals surface area contributed by atoms with Gasteiger partial charge in [0.1, 0.15) is 5.82 Å². The molecule has 3 aromatic rings. The molecule has 0 saturated carbocycles. The lowest BCUT2D eigenvalue weighted by molar-refractivity contribution is 0.628. The molecule has 2 heterocycles. The molecule has 0 amide bonds. The van der Waals surface area contributed by atoms with Crippen molar-refractivity contribution in [1.82, 2.24) is 14.6 Å². The summed E-state index contributed by atoms with van der Waals surface area (Å²) >= 11 is 0. The topological polar surface area (TPSA) is 56.2 Å². The van der Waals surface area contributed by atoms with Gasteiger partial charge in [0.15, 0.2) is 5.65 Å². The van der Waals surface area contributed by atoms with Gasteiger partial charge in [0.05, 0.1) is 5.69 Å². The van der Waals surface area contributed by atoms with Crippen molar-refractivity contribution in [1.29, 1.82) is 0 Å². The normalized spacial score (nSPS) is 11.0. The molecular weight excluding hydrogens is 231 g/mol. The zero-order valence-corrected chi connectivity index (χ0v) is 9.55. The molecule has 0 aliphatic rings. The van der Waals surface area contributed by atoms with E-state index in [2.05, 4.69) is 10.1 Å². The number of halogens is 1. The minimum absolute atomic E-state index is 0.289. The minimum Gasteiger partial charge on any atom is -0.326 e. The highest BCUT2D eigenvalue weighted by Crippen LogP contribution is 2.22. The van der Waals surface area contributed by atoms with Crippen LogP contribution in [0.25, 0.3) is 16.9 Å². The number of hydrogen-bond acceptors (Lipinski definition) is 3. The summed E-state index contributed by atoms with van der Waals surface area (Å²) in [5.41, 5.74) is 8.69. The number of rotatable bonds is 2. The number of hydrogen-bond donors (Lipinski definition) is 1. The van der Waals surface area contributed by atoms with Crippen LogP contribution in [0.2, 0.25) is 0 Å². The maximum absolute atomic E-state index is 13.3. The molecule has 4 nitrogen and oxygen atoms in total. The maximum atomic E-state index is 13.3. The van der Waals surface area contributed by atoms with Crippen molar-refractivity contribution in [3.05, 3.63) is 54.1 Å². The van der Waals surface area contributed by atoms with Gasteiger partial charge in [0.25, 0.3) is 0 Å². The fraction of sp³-hybridized carbons (Fsp3) is 0.0769. The van der Waals surface area contributed by atoms with Crippen molar-refractivity contribution < 1.29 is 4.39 Å². The Hall–Kier alpha value is -2.27. The van der Waals surface area contributed by atoms with Crippen LogP contribution in [0.1, 0.15) is 5.56 Å². The van der Waals surface area contributed by atoms with Gasteiger partial charge in [0, 0.05) is 24.5 Å². The van der Waals surface area contributed by atoms with Crippen molar-refractivity contribution in [2.75, 3.05) is 0 Å². The second-order valence-electron chi connectivity index (χ2n) is 3.96. The number of imidazole rings is 1. The number of aromatic nitrogens is 3. The van der Waals surface area contributed by atoms with Gasteiger partial charge in [0.2, 0.25) is 0 Å². The molecule has 0 bridgehead atoms. The first kappa shape index (κ1) is 10.9. The monoisotopic (exact) mass is 242 g/mol. The third-order valence-corrected chi connectivity index (χ3v) is 2.78. The fourth-order valence-electron chi connectivity index (χ4n) is 1.93. The van der Waals surface area contributed by atoms with Crippen LogP contribution in [-0.2, 0) is 6.54 Å². The molecule has 3 rings (SSSR count). The van der Waals surface area contributed by atoms with Gasteiger partial charge < -0.3 is 5.73 Å². The standard InChI is InChI=1S/C13H11FN4/c14-11-3-1-2-9(6-11)13-10(8-15)7-12-16-4-5-18(12)17-13/h1-7H,8,15H2. The summed E-state index contributed by atoms with van der Waals surface area (Å²) < 4.78 is 14.9. The van der Waals surface area contributed by atoms with Crippen LogP contribution in [0.15, 0.2) is 42.7 Å². The van der Waals surface area contributed by atoms with Gasteiger partial charge in [-0.2, -0.15) is 5.10 Å². The van der Waals surface area contributed by atoms with Crippen molar-refractivity contribution >= 4 is 5.65 Å². The highest BCUT2D eigenvalue weighted by atomic mass is 19.1. The second kappa shape index (κ2) is 4.19. The van der Waals surface area contributed by atoms with E-state index in [1.165, 1.54) is 12.1 Å². The Kier molecular flexibility index (Phi) is 2.53. The van der Waals surface area contributed by atoms with Gasteiger partial charge in [-0.05, 0) is 23.8 Å².